The number of aromatic nitrogens is 1. The van der Waals surface area contributed by atoms with Crippen LogP contribution < -0.4 is 4.72 Å². The zero-order chi connectivity index (χ0) is 17.9. The molecule has 1 aliphatic rings. The molecule has 1 aromatic carbocycles. The lowest BCUT2D eigenvalue weighted by molar-refractivity contribution is 0.0653. The normalized spacial score (nSPS) is 21.4. The van der Waals surface area contributed by atoms with E-state index < -0.39 is 15.3 Å². The van der Waals surface area contributed by atoms with Crippen LogP contribution in [-0.2, 0) is 14.8 Å². The van der Waals surface area contributed by atoms with Gasteiger partial charge in [-0.05, 0) is 43.0 Å². The van der Waals surface area contributed by atoms with E-state index >= 15 is 0 Å². The Hall–Kier alpha value is -1.76. The van der Waals surface area contributed by atoms with E-state index in [1.54, 1.807) is 20.0 Å². The molecule has 2 atom stereocenters. The van der Waals surface area contributed by atoms with Crippen molar-refractivity contribution in [1.82, 2.24) is 9.71 Å². The Bertz CT molecular complexity index is 789. The Balaban J connectivity index is 1.81. The summed E-state index contributed by atoms with van der Waals surface area (Å²) in [4.78, 5) is 4.15. The second-order valence-electron chi connectivity index (χ2n) is 6.65. The van der Waals surface area contributed by atoms with Crippen molar-refractivity contribution >= 4 is 10.0 Å². The van der Waals surface area contributed by atoms with Gasteiger partial charge in [0.05, 0.1) is 11.9 Å². The molecule has 2 aromatic rings. The molecule has 0 spiro atoms. The summed E-state index contributed by atoms with van der Waals surface area (Å²) in [7, 11) is -3.30. The third kappa shape index (κ3) is 4.26. The molecule has 134 valence electrons. The molecular formula is C19H24N2O3S. The molecule has 1 aromatic heterocycles. The first-order valence-electron chi connectivity index (χ1n) is 8.56. The first kappa shape index (κ1) is 18.0. The van der Waals surface area contributed by atoms with Crippen molar-refractivity contribution in [3.8, 4) is 11.1 Å². The van der Waals surface area contributed by atoms with E-state index in [2.05, 4.69) is 34.0 Å². The molecule has 1 saturated heterocycles. The van der Waals surface area contributed by atoms with Crippen LogP contribution in [0.2, 0.25) is 0 Å². The van der Waals surface area contributed by atoms with Gasteiger partial charge in [0.1, 0.15) is 0 Å². The largest absolute Gasteiger partial charge is 0.381 e. The molecule has 1 unspecified atom stereocenters. The second kappa shape index (κ2) is 7.64. The average molecular weight is 360 g/mol. The van der Waals surface area contributed by atoms with Gasteiger partial charge in [0.15, 0.2) is 0 Å². The Morgan fingerprint density at radius 3 is 2.56 bits per heavy atom. The Labute approximate surface area is 149 Å². The third-order valence-corrected chi connectivity index (χ3v) is 6.50. The SMILES string of the molecule is CC(C)S(=O)(=O)NC1CCOC[C@@H]1c1ccc(-c2cccnc2)cc1. The molecule has 0 aliphatic carbocycles. The summed E-state index contributed by atoms with van der Waals surface area (Å²) in [5.41, 5.74) is 3.24. The van der Waals surface area contributed by atoms with Crippen molar-refractivity contribution in [2.24, 2.45) is 0 Å². The lowest BCUT2D eigenvalue weighted by atomic mass is 9.88. The highest BCUT2D eigenvalue weighted by atomic mass is 32.2. The highest BCUT2D eigenvalue weighted by Crippen LogP contribution is 2.29. The summed E-state index contributed by atoms with van der Waals surface area (Å²) in [5.74, 6) is 0.0187. The van der Waals surface area contributed by atoms with E-state index in [0.717, 1.165) is 16.7 Å². The van der Waals surface area contributed by atoms with Crippen LogP contribution in [0.15, 0.2) is 48.8 Å². The molecule has 6 heteroatoms. The van der Waals surface area contributed by atoms with Gasteiger partial charge in [-0.3, -0.25) is 4.98 Å². The van der Waals surface area contributed by atoms with Crippen molar-refractivity contribution in [1.29, 1.82) is 0 Å². The van der Waals surface area contributed by atoms with E-state index in [4.69, 9.17) is 4.74 Å². The van der Waals surface area contributed by atoms with Crippen molar-refractivity contribution < 1.29 is 13.2 Å². The van der Waals surface area contributed by atoms with Crippen molar-refractivity contribution in [3.63, 3.8) is 0 Å². The molecule has 5 nitrogen and oxygen atoms in total. The fraction of sp³-hybridized carbons (Fsp3) is 0.421. The molecule has 3 rings (SSSR count). The zero-order valence-corrected chi connectivity index (χ0v) is 15.4. The Morgan fingerprint density at radius 1 is 1.16 bits per heavy atom. The van der Waals surface area contributed by atoms with Crippen LogP contribution in [0.1, 0.15) is 31.7 Å². The van der Waals surface area contributed by atoms with Crippen LogP contribution >= 0.6 is 0 Å². The third-order valence-electron chi connectivity index (χ3n) is 4.63. The number of nitrogens with zero attached hydrogens (tertiary/aromatic N) is 1. The number of nitrogens with one attached hydrogen (secondary N) is 1. The van der Waals surface area contributed by atoms with Crippen LogP contribution in [0.3, 0.4) is 0 Å². The van der Waals surface area contributed by atoms with Crippen LogP contribution in [0.4, 0.5) is 0 Å². The van der Waals surface area contributed by atoms with Crippen molar-refractivity contribution in [2.45, 2.75) is 37.5 Å². The molecule has 2 heterocycles. The number of hydrogen-bond acceptors (Lipinski definition) is 4. The van der Waals surface area contributed by atoms with E-state index in [-0.39, 0.29) is 12.0 Å². The number of rotatable bonds is 5. The predicted octanol–water partition coefficient (Wildman–Crippen LogP) is 2.95. The molecule has 0 saturated carbocycles. The Morgan fingerprint density at radius 2 is 1.92 bits per heavy atom. The van der Waals surface area contributed by atoms with Gasteiger partial charge >= 0.3 is 0 Å². The fourth-order valence-corrected chi connectivity index (χ4v) is 3.99. The maximum Gasteiger partial charge on any atom is 0.214 e. The maximum absolute atomic E-state index is 12.3. The molecule has 0 bridgehead atoms. The van der Waals surface area contributed by atoms with Crippen LogP contribution in [-0.4, -0.2) is 37.9 Å². The fourth-order valence-electron chi connectivity index (χ4n) is 3.01. The smallest absolute Gasteiger partial charge is 0.214 e. The molecule has 0 amide bonds. The molecule has 1 N–H and O–H groups in total. The first-order valence-corrected chi connectivity index (χ1v) is 10.1. The van der Waals surface area contributed by atoms with Crippen molar-refractivity contribution in [3.05, 3.63) is 54.4 Å². The molecular weight excluding hydrogens is 336 g/mol. The topological polar surface area (TPSA) is 68.3 Å². The number of pyridine rings is 1. The van der Waals surface area contributed by atoms with Gasteiger partial charge in [0.25, 0.3) is 0 Å². The Kier molecular flexibility index (Phi) is 5.51. The standard InChI is InChI=1S/C19H24N2O3S/c1-14(2)25(22,23)21-19-9-11-24-13-18(19)16-7-5-15(6-8-16)17-4-3-10-20-12-17/h3-8,10,12,14,18-19,21H,9,11,13H2,1-2H3/t18-,19?/m1/s1. The monoisotopic (exact) mass is 360 g/mol. The molecule has 0 radical (unpaired) electrons. The first-order chi connectivity index (χ1) is 12.0. The van der Waals surface area contributed by atoms with Gasteiger partial charge in [0.2, 0.25) is 10.0 Å². The lowest BCUT2D eigenvalue weighted by Gasteiger charge is -2.33. The van der Waals surface area contributed by atoms with Gasteiger partial charge < -0.3 is 4.74 Å². The van der Waals surface area contributed by atoms with Crippen LogP contribution in [0.5, 0.6) is 0 Å². The average Bonchev–Trinajstić information content (AvgIpc) is 2.63. The minimum Gasteiger partial charge on any atom is -0.381 e. The van der Waals surface area contributed by atoms with Gasteiger partial charge in [-0.25, -0.2) is 13.1 Å². The van der Waals surface area contributed by atoms with E-state index in [1.807, 2.05) is 18.3 Å². The van der Waals surface area contributed by atoms with Gasteiger partial charge in [-0.1, -0.05) is 30.3 Å². The summed E-state index contributed by atoms with van der Waals surface area (Å²) in [6.07, 6.45) is 4.27. The number of benzene rings is 1. The minimum absolute atomic E-state index is 0.0187. The predicted molar refractivity (Wildman–Crippen MR) is 98.8 cm³/mol. The van der Waals surface area contributed by atoms with Crippen molar-refractivity contribution in [2.75, 3.05) is 13.2 Å². The number of ether oxygens (including phenoxy) is 1. The summed E-state index contributed by atoms with van der Waals surface area (Å²) < 4.78 is 33.0. The summed E-state index contributed by atoms with van der Waals surface area (Å²) in [6.45, 7) is 4.49. The van der Waals surface area contributed by atoms with Gasteiger partial charge in [-0.15, -0.1) is 0 Å². The molecule has 1 fully saturated rings. The highest BCUT2D eigenvalue weighted by Gasteiger charge is 2.31. The number of hydrogen-bond donors (Lipinski definition) is 1. The quantitative estimate of drug-likeness (QED) is 0.890. The zero-order valence-electron chi connectivity index (χ0n) is 14.6. The maximum atomic E-state index is 12.3. The van der Waals surface area contributed by atoms with Gasteiger partial charge in [-0.2, -0.15) is 0 Å². The van der Waals surface area contributed by atoms with E-state index in [9.17, 15) is 8.42 Å². The number of sulfonamides is 1. The molecule has 25 heavy (non-hydrogen) atoms. The summed E-state index contributed by atoms with van der Waals surface area (Å²) in [6, 6.07) is 12.0. The van der Waals surface area contributed by atoms with E-state index in [0.29, 0.717) is 19.6 Å². The highest BCUT2D eigenvalue weighted by molar-refractivity contribution is 7.90. The second-order valence-corrected chi connectivity index (χ2v) is 8.92. The van der Waals surface area contributed by atoms with Crippen LogP contribution in [0, 0.1) is 0 Å². The lowest BCUT2D eigenvalue weighted by Crippen LogP contribution is -2.46. The minimum atomic E-state index is -3.30. The van der Waals surface area contributed by atoms with Crippen LogP contribution in [0.25, 0.3) is 11.1 Å². The van der Waals surface area contributed by atoms with E-state index in [1.165, 1.54) is 0 Å². The summed E-state index contributed by atoms with van der Waals surface area (Å²) in [5, 5.41) is -0.441. The van der Waals surface area contributed by atoms with Gasteiger partial charge in [0, 0.05) is 31.0 Å². The summed E-state index contributed by atoms with van der Waals surface area (Å²) >= 11 is 0. The molecule has 1 aliphatic heterocycles.